The number of hydrogen-bond donors (Lipinski definition) is 2. The minimum absolute atomic E-state index is 0.153. The monoisotopic (exact) mass is 374 g/mol. The average molecular weight is 375 g/mol. The van der Waals surface area contributed by atoms with E-state index in [1.807, 2.05) is 32.0 Å². The Morgan fingerprint density at radius 3 is 2.58 bits per heavy atom. The molecule has 0 saturated carbocycles. The maximum absolute atomic E-state index is 12.2. The van der Waals surface area contributed by atoms with E-state index in [2.05, 4.69) is 10.6 Å². The van der Waals surface area contributed by atoms with Gasteiger partial charge in [0.05, 0.1) is 22.9 Å². The Bertz CT molecular complexity index is 782. The van der Waals surface area contributed by atoms with Gasteiger partial charge in [-0.2, -0.15) is 0 Å². The van der Waals surface area contributed by atoms with Crippen molar-refractivity contribution in [1.82, 2.24) is 0 Å². The van der Waals surface area contributed by atoms with Crippen LogP contribution in [0.1, 0.15) is 34.8 Å². The molecule has 0 bridgehead atoms. The predicted octanol–water partition coefficient (Wildman–Crippen LogP) is 4.57. The summed E-state index contributed by atoms with van der Waals surface area (Å²) in [5.74, 6) is -0.540. The third-order valence-electron chi connectivity index (χ3n) is 3.79. The van der Waals surface area contributed by atoms with Crippen molar-refractivity contribution in [2.45, 2.75) is 27.2 Å². The quantitative estimate of drug-likeness (QED) is 0.696. The first-order valence-electron chi connectivity index (χ1n) is 8.49. The van der Waals surface area contributed by atoms with E-state index in [4.69, 9.17) is 16.3 Å². The molecular weight excluding hydrogens is 352 g/mol. The number of anilines is 2. The van der Waals surface area contributed by atoms with Gasteiger partial charge in [-0.25, -0.2) is 4.79 Å². The number of benzene rings is 2. The fourth-order valence-corrected chi connectivity index (χ4v) is 2.98. The molecule has 0 fully saturated rings. The normalized spacial score (nSPS) is 10.3. The third kappa shape index (κ3) is 5.23. The van der Waals surface area contributed by atoms with Crippen LogP contribution in [0, 0.1) is 13.8 Å². The van der Waals surface area contributed by atoms with E-state index in [-0.39, 0.29) is 18.3 Å². The number of carbonyl (C=O) groups excluding carboxylic acids is 2. The van der Waals surface area contributed by atoms with E-state index in [0.717, 1.165) is 11.1 Å². The molecule has 0 saturated heterocycles. The van der Waals surface area contributed by atoms with Gasteiger partial charge in [-0.15, -0.1) is 0 Å². The highest BCUT2D eigenvalue weighted by Gasteiger charge is 2.13. The maximum atomic E-state index is 12.2. The molecule has 0 aromatic heterocycles. The Kier molecular flexibility index (Phi) is 7.04. The molecule has 0 aliphatic carbocycles. The SMILES string of the molecule is CCOC(=O)c1ccccc1NCCC(=O)Nc1c(C)cc(C)cc1Cl. The van der Waals surface area contributed by atoms with Crippen LogP contribution in [0.15, 0.2) is 36.4 Å². The molecule has 5 nitrogen and oxygen atoms in total. The second kappa shape index (κ2) is 9.25. The minimum Gasteiger partial charge on any atom is -0.462 e. The molecule has 0 heterocycles. The van der Waals surface area contributed by atoms with E-state index in [0.29, 0.717) is 35.1 Å². The summed E-state index contributed by atoms with van der Waals surface area (Å²) in [7, 11) is 0. The van der Waals surface area contributed by atoms with Gasteiger partial charge in [0.2, 0.25) is 5.91 Å². The van der Waals surface area contributed by atoms with Crippen LogP contribution in [-0.2, 0) is 9.53 Å². The number of esters is 1. The van der Waals surface area contributed by atoms with Crippen molar-refractivity contribution in [3.05, 3.63) is 58.1 Å². The first-order chi connectivity index (χ1) is 12.4. The number of ether oxygens (including phenoxy) is 1. The van der Waals surface area contributed by atoms with Crippen LogP contribution < -0.4 is 10.6 Å². The summed E-state index contributed by atoms with van der Waals surface area (Å²) in [5, 5.41) is 6.48. The molecule has 0 atom stereocenters. The third-order valence-corrected chi connectivity index (χ3v) is 4.08. The molecule has 6 heteroatoms. The molecule has 1 amide bonds. The van der Waals surface area contributed by atoms with E-state index in [1.165, 1.54) is 0 Å². The van der Waals surface area contributed by atoms with E-state index in [9.17, 15) is 9.59 Å². The molecule has 2 N–H and O–H groups in total. The van der Waals surface area contributed by atoms with Gasteiger partial charge < -0.3 is 15.4 Å². The van der Waals surface area contributed by atoms with E-state index < -0.39 is 0 Å². The van der Waals surface area contributed by atoms with Crippen molar-refractivity contribution in [3.63, 3.8) is 0 Å². The predicted molar refractivity (Wildman–Crippen MR) is 105 cm³/mol. The van der Waals surface area contributed by atoms with E-state index in [1.54, 1.807) is 25.1 Å². The fraction of sp³-hybridized carbons (Fsp3) is 0.300. The number of nitrogens with one attached hydrogen (secondary N) is 2. The number of para-hydroxylation sites is 1. The number of rotatable bonds is 7. The molecule has 0 aliphatic heterocycles. The van der Waals surface area contributed by atoms with Gasteiger partial charge in [0.1, 0.15) is 0 Å². The molecule has 0 unspecified atom stereocenters. The van der Waals surface area contributed by atoms with Crippen molar-refractivity contribution in [2.75, 3.05) is 23.8 Å². The molecule has 0 radical (unpaired) electrons. The number of halogens is 1. The van der Waals surface area contributed by atoms with Gasteiger partial charge in [0.25, 0.3) is 0 Å². The largest absolute Gasteiger partial charge is 0.462 e. The summed E-state index contributed by atoms with van der Waals surface area (Å²) >= 11 is 6.21. The number of carbonyl (C=O) groups is 2. The van der Waals surface area contributed by atoms with Crippen LogP contribution >= 0.6 is 11.6 Å². The first-order valence-corrected chi connectivity index (χ1v) is 8.86. The summed E-state index contributed by atoms with van der Waals surface area (Å²) < 4.78 is 5.04. The lowest BCUT2D eigenvalue weighted by Gasteiger charge is -2.13. The Labute approximate surface area is 158 Å². The number of aryl methyl sites for hydroxylation is 2. The van der Waals surface area contributed by atoms with Gasteiger partial charge >= 0.3 is 5.97 Å². The van der Waals surface area contributed by atoms with Gasteiger partial charge in [-0.05, 0) is 50.1 Å². The lowest BCUT2D eigenvalue weighted by atomic mass is 10.1. The summed E-state index contributed by atoms with van der Waals surface area (Å²) in [6.45, 7) is 6.31. The summed E-state index contributed by atoms with van der Waals surface area (Å²) in [6.07, 6.45) is 0.237. The van der Waals surface area contributed by atoms with Crippen LogP contribution in [0.2, 0.25) is 5.02 Å². The lowest BCUT2D eigenvalue weighted by molar-refractivity contribution is -0.115. The standard InChI is InChI=1S/C20H23ClN2O3/c1-4-26-20(25)15-7-5-6-8-17(15)22-10-9-18(24)23-19-14(3)11-13(2)12-16(19)21/h5-8,11-12,22H,4,9-10H2,1-3H3,(H,23,24). The van der Waals surface area contributed by atoms with Crippen LogP contribution in [-0.4, -0.2) is 25.0 Å². The topological polar surface area (TPSA) is 67.4 Å². The molecule has 138 valence electrons. The smallest absolute Gasteiger partial charge is 0.340 e. The van der Waals surface area contributed by atoms with E-state index >= 15 is 0 Å². The first kappa shape index (κ1) is 19.8. The van der Waals surface area contributed by atoms with Crippen molar-refractivity contribution in [2.24, 2.45) is 0 Å². The molecule has 2 rings (SSSR count). The van der Waals surface area contributed by atoms with Crippen molar-refractivity contribution >= 4 is 34.9 Å². The maximum Gasteiger partial charge on any atom is 0.340 e. The zero-order valence-electron chi connectivity index (χ0n) is 15.2. The second-order valence-electron chi connectivity index (χ2n) is 5.93. The highest BCUT2D eigenvalue weighted by Crippen LogP contribution is 2.27. The average Bonchev–Trinajstić information content (AvgIpc) is 2.58. The molecular formula is C20H23ClN2O3. The van der Waals surface area contributed by atoms with Crippen molar-refractivity contribution in [3.8, 4) is 0 Å². The van der Waals surface area contributed by atoms with Crippen LogP contribution in [0.4, 0.5) is 11.4 Å². The number of amides is 1. The van der Waals surface area contributed by atoms with Crippen LogP contribution in [0.25, 0.3) is 0 Å². The lowest BCUT2D eigenvalue weighted by Crippen LogP contribution is -2.18. The van der Waals surface area contributed by atoms with Crippen LogP contribution in [0.5, 0.6) is 0 Å². The Hall–Kier alpha value is -2.53. The highest BCUT2D eigenvalue weighted by atomic mass is 35.5. The fourth-order valence-electron chi connectivity index (χ4n) is 2.61. The second-order valence-corrected chi connectivity index (χ2v) is 6.34. The Morgan fingerprint density at radius 1 is 1.15 bits per heavy atom. The highest BCUT2D eigenvalue weighted by molar-refractivity contribution is 6.34. The minimum atomic E-state index is -0.387. The Morgan fingerprint density at radius 2 is 1.88 bits per heavy atom. The van der Waals surface area contributed by atoms with Gasteiger partial charge in [0, 0.05) is 18.7 Å². The van der Waals surface area contributed by atoms with Crippen molar-refractivity contribution < 1.29 is 14.3 Å². The zero-order valence-corrected chi connectivity index (χ0v) is 15.9. The molecule has 2 aromatic rings. The summed E-state index contributed by atoms with van der Waals surface area (Å²) in [6, 6.07) is 10.8. The Balaban J connectivity index is 1.95. The van der Waals surface area contributed by atoms with Gasteiger partial charge in [0.15, 0.2) is 0 Å². The zero-order chi connectivity index (χ0) is 19.1. The van der Waals surface area contributed by atoms with Gasteiger partial charge in [-0.3, -0.25) is 4.79 Å². The number of hydrogen-bond acceptors (Lipinski definition) is 4. The summed E-state index contributed by atoms with van der Waals surface area (Å²) in [4.78, 5) is 24.2. The van der Waals surface area contributed by atoms with Gasteiger partial charge in [-0.1, -0.05) is 29.8 Å². The summed E-state index contributed by atoms with van der Waals surface area (Å²) in [5.41, 5.74) is 3.69. The molecule has 0 aliphatic rings. The van der Waals surface area contributed by atoms with Crippen molar-refractivity contribution in [1.29, 1.82) is 0 Å². The molecule has 0 spiro atoms. The molecule has 26 heavy (non-hydrogen) atoms. The van der Waals surface area contributed by atoms with Crippen LogP contribution in [0.3, 0.4) is 0 Å². The molecule has 2 aromatic carbocycles.